The van der Waals surface area contributed by atoms with E-state index in [0.717, 1.165) is 22.9 Å². The Bertz CT molecular complexity index is 690. The number of carbonyl (C=O) groups excluding carboxylic acids is 3. The highest BCUT2D eigenvalue weighted by Crippen LogP contribution is 2.29. The van der Waals surface area contributed by atoms with Gasteiger partial charge < -0.3 is 9.80 Å². The molecule has 1 aromatic rings. The molecule has 2 aliphatic rings. The number of hydrogen-bond acceptors (Lipinski definition) is 3. The maximum absolute atomic E-state index is 12.6. The van der Waals surface area contributed by atoms with Gasteiger partial charge in [-0.05, 0) is 37.0 Å². The van der Waals surface area contributed by atoms with E-state index in [2.05, 4.69) is 15.9 Å². The van der Waals surface area contributed by atoms with Crippen molar-refractivity contribution in [1.82, 2.24) is 14.7 Å². The summed E-state index contributed by atoms with van der Waals surface area (Å²) in [5, 5.41) is 0. The topological polar surface area (TPSA) is 60.9 Å². The molecule has 134 valence electrons. The predicted molar refractivity (Wildman–Crippen MR) is 96.7 cm³/mol. The molecule has 0 spiro atoms. The molecule has 0 unspecified atom stereocenters. The summed E-state index contributed by atoms with van der Waals surface area (Å²) in [4.78, 5) is 40.8. The number of imide groups is 1. The molecule has 1 aromatic carbocycles. The van der Waals surface area contributed by atoms with Crippen LogP contribution < -0.4 is 0 Å². The summed E-state index contributed by atoms with van der Waals surface area (Å²) in [6, 6.07) is 8.03. The summed E-state index contributed by atoms with van der Waals surface area (Å²) in [5.74, 6) is -0.0944. The Kier molecular flexibility index (Phi) is 5.42. The van der Waals surface area contributed by atoms with Crippen LogP contribution >= 0.6 is 15.9 Å². The number of hydrogen-bond donors (Lipinski definition) is 0. The molecule has 6 nitrogen and oxygen atoms in total. The van der Waals surface area contributed by atoms with Crippen LogP contribution in [0.3, 0.4) is 0 Å². The molecule has 0 N–H and O–H groups in total. The van der Waals surface area contributed by atoms with Crippen molar-refractivity contribution in [2.75, 3.05) is 20.1 Å². The van der Waals surface area contributed by atoms with E-state index in [-0.39, 0.29) is 24.4 Å². The quantitative estimate of drug-likeness (QED) is 0.652. The van der Waals surface area contributed by atoms with E-state index in [1.807, 2.05) is 29.2 Å². The van der Waals surface area contributed by atoms with Gasteiger partial charge in [-0.1, -0.05) is 28.1 Å². The maximum Gasteiger partial charge on any atom is 0.326 e. The minimum atomic E-state index is -0.273. The first kappa shape index (κ1) is 17.9. The van der Waals surface area contributed by atoms with Gasteiger partial charge in [0.1, 0.15) is 6.54 Å². The largest absolute Gasteiger partial charge is 0.335 e. The molecule has 0 aromatic heterocycles. The lowest BCUT2D eigenvalue weighted by Crippen LogP contribution is -2.35. The van der Waals surface area contributed by atoms with Crippen molar-refractivity contribution in [3.8, 4) is 0 Å². The van der Waals surface area contributed by atoms with Gasteiger partial charge in [0.25, 0.3) is 0 Å². The van der Waals surface area contributed by atoms with Crippen molar-refractivity contribution < 1.29 is 14.4 Å². The summed E-state index contributed by atoms with van der Waals surface area (Å²) in [6.07, 6.45) is 2.96. The Hall–Kier alpha value is -1.89. The molecule has 2 fully saturated rings. The summed E-state index contributed by atoms with van der Waals surface area (Å²) < 4.78 is 1.00. The lowest BCUT2D eigenvalue weighted by atomic mass is 10.2. The Labute approximate surface area is 155 Å². The van der Waals surface area contributed by atoms with Crippen LogP contribution in [0.5, 0.6) is 0 Å². The normalized spacial score (nSPS) is 17.4. The van der Waals surface area contributed by atoms with Gasteiger partial charge in [0.2, 0.25) is 11.8 Å². The number of amides is 4. The summed E-state index contributed by atoms with van der Waals surface area (Å²) in [5.41, 5.74) is 1.10. The lowest BCUT2D eigenvalue weighted by molar-refractivity contribution is -0.133. The fourth-order valence-corrected chi connectivity index (χ4v) is 3.51. The van der Waals surface area contributed by atoms with Crippen LogP contribution in [0.4, 0.5) is 4.79 Å². The average Bonchev–Trinajstić information content (AvgIpc) is 3.37. The van der Waals surface area contributed by atoms with Crippen molar-refractivity contribution in [2.24, 2.45) is 0 Å². The molecule has 1 aliphatic carbocycles. The van der Waals surface area contributed by atoms with Crippen LogP contribution in [-0.2, 0) is 16.1 Å². The molecule has 1 saturated carbocycles. The van der Waals surface area contributed by atoms with Crippen molar-refractivity contribution in [3.63, 3.8) is 0 Å². The van der Waals surface area contributed by atoms with Gasteiger partial charge in [0.15, 0.2) is 0 Å². The van der Waals surface area contributed by atoms with Crippen LogP contribution in [0.2, 0.25) is 0 Å². The summed E-state index contributed by atoms with van der Waals surface area (Å²) in [7, 11) is 1.61. The third-order valence-corrected chi connectivity index (χ3v) is 5.05. The smallest absolute Gasteiger partial charge is 0.326 e. The number of halogens is 1. The van der Waals surface area contributed by atoms with Crippen molar-refractivity contribution in [1.29, 1.82) is 0 Å². The van der Waals surface area contributed by atoms with E-state index in [1.165, 1.54) is 9.80 Å². The maximum atomic E-state index is 12.6. The zero-order valence-electron chi connectivity index (χ0n) is 14.3. The molecule has 1 heterocycles. The van der Waals surface area contributed by atoms with Crippen LogP contribution in [0.25, 0.3) is 0 Å². The second-order valence-electron chi connectivity index (χ2n) is 6.67. The molecular formula is C18H22BrN3O3. The van der Waals surface area contributed by atoms with Gasteiger partial charge in [0.05, 0.1) is 0 Å². The molecule has 0 radical (unpaired) electrons. The molecule has 1 saturated heterocycles. The van der Waals surface area contributed by atoms with E-state index in [9.17, 15) is 14.4 Å². The Balaban J connectivity index is 1.53. The predicted octanol–water partition coefficient (Wildman–Crippen LogP) is 2.61. The number of likely N-dealkylation sites (N-methyl/N-ethyl adjacent to an activating group) is 1. The molecular weight excluding hydrogens is 386 g/mol. The minimum Gasteiger partial charge on any atom is -0.335 e. The molecule has 0 atom stereocenters. The van der Waals surface area contributed by atoms with Gasteiger partial charge >= 0.3 is 6.03 Å². The number of carbonyl (C=O) groups is 3. The summed E-state index contributed by atoms with van der Waals surface area (Å²) in [6.45, 7) is 1.04. The lowest BCUT2D eigenvalue weighted by Gasteiger charge is -2.23. The van der Waals surface area contributed by atoms with Crippen LogP contribution in [-0.4, -0.2) is 58.7 Å². The highest BCUT2D eigenvalue weighted by atomic mass is 79.9. The second-order valence-corrected chi connectivity index (χ2v) is 7.59. The molecule has 7 heteroatoms. The third-order valence-electron chi connectivity index (χ3n) is 4.55. The van der Waals surface area contributed by atoms with Gasteiger partial charge in [-0.3, -0.25) is 14.5 Å². The fraction of sp³-hybridized carbons (Fsp3) is 0.500. The van der Waals surface area contributed by atoms with Gasteiger partial charge in [0, 0.05) is 37.1 Å². The first-order valence-corrected chi connectivity index (χ1v) is 9.34. The molecule has 4 amide bonds. The Morgan fingerprint density at radius 2 is 2.08 bits per heavy atom. The zero-order valence-corrected chi connectivity index (χ0v) is 15.9. The van der Waals surface area contributed by atoms with E-state index >= 15 is 0 Å². The zero-order chi connectivity index (χ0) is 18.0. The number of nitrogens with zero attached hydrogens (tertiary/aromatic N) is 3. The SMILES string of the molecule is CN1CC(=O)N(CCCC(=O)N(Cc2cccc(Br)c2)C2CC2)C1=O. The number of urea groups is 1. The number of rotatable bonds is 7. The van der Waals surface area contributed by atoms with Crippen LogP contribution in [0, 0.1) is 0 Å². The fourth-order valence-electron chi connectivity index (χ4n) is 3.06. The first-order chi connectivity index (χ1) is 12.0. The number of benzene rings is 1. The first-order valence-electron chi connectivity index (χ1n) is 8.55. The van der Waals surface area contributed by atoms with Gasteiger partial charge in [-0.15, -0.1) is 0 Å². The standard InChI is InChI=1S/C18H22BrN3O3/c1-20-12-17(24)21(18(20)25)9-3-6-16(23)22(15-7-8-15)11-13-4-2-5-14(19)10-13/h2,4-5,10,15H,3,6-9,11-12H2,1H3. The second kappa shape index (κ2) is 7.56. The van der Waals surface area contributed by atoms with Crippen molar-refractivity contribution in [3.05, 3.63) is 34.3 Å². The monoisotopic (exact) mass is 407 g/mol. The summed E-state index contributed by atoms with van der Waals surface area (Å²) >= 11 is 3.46. The van der Waals surface area contributed by atoms with E-state index in [0.29, 0.717) is 32.0 Å². The Morgan fingerprint density at radius 3 is 2.68 bits per heavy atom. The highest BCUT2D eigenvalue weighted by Gasteiger charge is 2.34. The van der Waals surface area contributed by atoms with E-state index in [1.54, 1.807) is 7.05 Å². The minimum absolute atomic E-state index is 0.0925. The third kappa shape index (κ3) is 4.39. The highest BCUT2D eigenvalue weighted by molar-refractivity contribution is 9.10. The molecule has 3 rings (SSSR count). The van der Waals surface area contributed by atoms with Crippen molar-refractivity contribution >= 4 is 33.8 Å². The molecule has 1 aliphatic heterocycles. The van der Waals surface area contributed by atoms with E-state index < -0.39 is 0 Å². The van der Waals surface area contributed by atoms with Crippen molar-refractivity contribution in [2.45, 2.75) is 38.3 Å². The average molecular weight is 408 g/mol. The molecule has 25 heavy (non-hydrogen) atoms. The van der Waals surface area contributed by atoms with Gasteiger partial charge in [-0.25, -0.2) is 4.79 Å². The van der Waals surface area contributed by atoms with Crippen LogP contribution in [0.15, 0.2) is 28.7 Å². The van der Waals surface area contributed by atoms with Crippen LogP contribution in [0.1, 0.15) is 31.2 Å². The Morgan fingerprint density at radius 1 is 1.32 bits per heavy atom. The molecule has 0 bridgehead atoms. The van der Waals surface area contributed by atoms with Gasteiger partial charge in [-0.2, -0.15) is 0 Å². The van der Waals surface area contributed by atoms with E-state index in [4.69, 9.17) is 0 Å².